The van der Waals surface area contributed by atoms with E-state index in [0.29, 0.717) is 36.1 Å². The molecule has 4 rings (SSSR count). The number of rotatable bonds is 5. The van der Waals surface area contributed by atoms with Crippen molar-refractivity contribution in [2.75, 3.05) is 13.1 Å². The van der Waals surface area contributed by atoms with Crippen molar-refractivity contribution in [3.63, 3.8) is 0 Å². The molecule has 0 aromatic carbocycles. The standard InChI is InChI=1S/C19H28N2O3S2/c1-13(17-12-14-4-5-16(17)11-14)20-19(22)15-6-8-21(9-7-15)26(23,24)18-3-2-10-25-18/h2-3,10,13-17H,4-9,11-12H2,1H3,(H,20,22). The van der Waals surface area contributed by atoms with Gasteiger partial charge in [-0.2, -0.15) is 4.31 Å². The molecule has 1 aromatic rings. The van der Waals surface area contributed by atoms with Gasteiger partial charge in [-0.25, -0.2) is 8.42 Å². The van der Waals surface area contributed by atoms with E-state index in [4.69, 9.17) is 0 Å². The van der Waals surface area contributed by atoms with E-state index in [1.165, 1.54) is 41.3 Å². The maximum atomic E-state index is 12.7. The van der Waals surface area contributed by atoms with Gasteiger partial charge in [0.15, 0.2) is 0 Å². The number of fused-ring (bicyclic) bond motifs is 2. The topological polar surface area (TPSA) is 66.5 Å². The fraction of sp³-hybridized carbons (Fsp3) is 0.737. The second-order valence-electron chi connectivity index (χ2n) is 8.25. The normalized spacial score (nSPS) is 31.2. The Morgan fingerprint density at radius 1 is 1.23 bits per heavy atom. The molecule has 1 aliphatic heterocycles. The summed E-state index contributed by atoms with van der Waals surface area (Å²) < 4.78 is 27.1. The molecular formula is C19H28N2O3S2. The fourth-order valence-corrected chi connectivity index (χ4v) is 7.87. The Labute approximate surface area is 160 Å². The molecule has 26 heavy (non-hydrogen) atoms. The first-order valence-electron chi connectivity index (χ1n) is 9.79. The fourth-order valence-electron chi connectivity index (χ4n) is 5.25. The van der Waals surface area contributed by atoms with Crippen molar-refractivity contribution in [3.05, 3.63) is 17.5 Å². The number of thiophene rings is 1. The molecule has 2 saturated carbocycles. The third-order valence-corrected chi connectivity index (χ3v) is 9.99. The third kappa shape index (κ3) is 3.45. The van der Waals surface area contributed by atoms with Crippen LogP contribution < -0.4 is 5.32 Å². The summed E-state index contributed by atoms with van der Waals surface area (Å²) in [6.45, 7) is 3.02. The van der Waals surface area contributed by atoms with Crippen LogP contribution in [0.1, 0.15) is 45.4 Å². The minimum atomic E-state index is -3.39. The van der Waals surface area contributed by atoms with Gasteiger partial charge in [0.2, 0.25) is 5.91 Å². The van der Waals surface area contributed by atoms with Gasteiger partial charge in [0.1, 0.15) is 4.21 Å². The summed E-state index contributed by atoms with van der Waals surface area (Å²) in [4.78, 5) is 12.7. The van der Waals surface area contributed by atoms with E-state index in [9.17, 15) is 13.2 Å². The lowest BCUT2D eigenvalue weighted by Crippen LogP contribution is -2.46. The third-order valence-electron chi connectivity index (χ3n) is 6.72. The molecule has 2 heterocycles. The lowest BCUT2D eigenvalue weighted by atomic mass is 9.83. The van der Waals surface area contributed by atoms with E-state index in [1.54, 1.807) is 17.5 Å². The predicted octanol–water partition coefficient (Wildman–Crippen LogP) is 3.09. The van der Waals surface area contributed by atoms with Gasteiger partial charge in [0, 0.05) is 25.0 Å². The van der Waals surface area contributed by atoms with Crippen LogP contribution in [-0.2, 0) is 14.8 Å². The van der Waals surface area contributed by atoms with Gasteiger partial charge in [-0.05, 0) is 68.2 Å². The van der Waals surface area contributed by atoms with Crippen LogP contribution in [0.3, 0.4) is 0 Å². The largest absolute Gasteiger partial charge is 0.353 e. The Balaban J connectivity index is 1.30. The maximum Gasteiger partial charge on any atom is 0.252 e. The van der Waals surface area contributed by atoms with Crippen LogP contribution >= 0.6 is 11.3 Å². The van der Waals surface area contributed by atoms with Crippen molar-refractivity contribution in [2.45, 2.75) is 55.7 Å². The highest BCUT2D eigenvalue weighted by Gasteiger charge is 2.42. The molecule has 7 heteroatoms. The Hall–Kier alpha value is -0.920. The molecule has 0 spiro atoms. The number of hydrogen-bond donors (Lipinski definition) is 1. The van der Waals surface area contributed by atoms with Crippen molar-refractivity contribution >= 4 is 27.3 Å². The van der Waals surface area contributed by atoms with Gasteiger partial charge >= 0.3 is 0 Å². The van der Waals surface area contributed by atoms with Crippen molar-refractivity contribution in [1.29, 1.82) is 0 Å². The van der Waals surface area contributed by atoms with Gasteiger partial charge in [0.25, 0.3) is 10.0 Å². The van der Waals surface area contributed by atoms with Crippen LogP contribution in [0.2, 0.25) is 0 Å². The molecule has 144 valence electrons. The lowest BCUT2D eigenvalue weighted by molar-refractivity contribution is -0.127. The highest BCUT2D eigenvalue weighted by molar-refractivity contribution is 7.91. The van der Waals surface area contributed by atoms with Crippen LogP contribution in [0.5, 0.6) is 0 Å². The summed E-state index contributed by atoms with van der Waals surface area (Å²) >= 11 is 1.25. The van der Waals surface area contributed by atoms with Crippen molar-refractivity contribution in [2.24, 2.45) is 23.7 Å². The first-order valence-corrected chi connectivity index (χ1v) is 12.1. The lowest BCUT2D eigenvalue weighted by Gasteiger charge is -2.33. The number of sulfonamides is 1. The molecule has 0 radical (unpaired) electrons. The average Bonchev–Trinajstić information content (AvgIpc) is 3.39. The molecule has 4 atom stereocenters. The van der Waals surface area contributed by atoms with Crippen molar-refractivity contribution < 1.29 is 13.2 Å². The van der Waals surface area contributed by atoms with E-state index in [0.717, 1.165) is 11.8 Å². The van der Waals surface area contributed by atoms with E-state index < -0.39 is 10.0 Å². The molecule has 1 N–H and O–H groups in total. The smallest absolute Gasteiger partial charge is 0.252 e. The minimum Gasteiger partial charge on any atom is -0.353 e. The molecule has 4 unspecified atom stereocenters. The Kier molecular flexibility index (Phi) is 5.14. The second kappa shape index (κ2) is 7.24. The van der Waals surface area contributed by atoms with Gasteiger partial charge in [0.05, 0.1) is 0 Å². The van der Waals surface area contributed by atoms with E-state index in [-0.39, 0.29) is 17.9 Å². The van der Waals surface area contributed by atoms with Gasteiger partial charge < -0.3 is 5.32 Å². The van der Waals surface area contributed by atoms with Crippen LogP contribution in [0, 0.1) is 23.7 Å². The molecule has 1 saturated heterocycles. The predicted molar refractivity (Wildman–Crippen MR) is 102 cm³/mol. The SMILES string of the molecule is CC(NC(=O)C1CCN(S(=O)(=O)c2cccs2)CC1)C1CC2CCC1C2. The molecule has 3 fully saturated rings. The highest BCUT2D eigenvalue weighted by Crippen LogP contribution is 2.49. The van der Waals surface area contributed by atoms with Crippen LogP contribution in [-0.4, -0.2) is 37.8 Å². The van der Waals surface area contributed by atoms with Crippen LogP contribution in [0.25, 0.3) is 0 Å². The van der Waals surface area contributed by atoms with Gasteiger partial charge in [-0.15, -0.1) is 11.3 Å². The molecule has 5 nitrogen and oxygen atoms in total. The quantitative estimate of drug-likeness (QED) is 0.832. The number of nitrogens with one attached hydrogen (secondary N) is 1. The molecule has 1 aromatic heterocycles. The van der Waals surface area contributed by atoms with E-state index >= 15 is 0 Å². The zero-order chi connectivity index (χ0) is 18.3. The second-order valence-corrected chi connectivity index (χ2v) is 11.4. The number of nitrogens with zero attached hydrogens (tertiary/aromatic N) is 1. The molecular weight excluding hydrogens is 368 g/mol. The number of piperidine rings is 1. The summed E-state index contributed by atoms with van der Waals surface area (Å²) in [5.74, 6) is 2.37. The molecule has 2 bridgehead atoms. The number of amides is 1. The minimum absolute atomic E-state index is 0.0640. The Bertz CT molecular complexity index is 739. The number of hydrogen-bond acceptors (Lipinski definition) is 4. The number of carbonyl (C=O) groups excluding carboxylic acids is 1. The van der Waals surface area contributed by atoms with Gasteiger partial charge in [-0.3, -0.25) is 4.79 Å². The van der Waals surface area contributed by atoms with Gasteiger partial charge in [-0.1, -0.05) is 12.5 Å². The van der Waals surface area contributed by atoms with Crippen molar-refractivity contribution in [3.8, 4) is 0 Å². The molecule has 2 aliphatic carbocycles. The Morgan fingerprint density at radius 2 is 2.00 bits per heavy atom. The summed E-state index contributed by atoms with van der Waals surface area (Å²) in [5, 5.41) is 5.03. The van der Waals surface area contributed by atoms with E-state index in [1.807, 2.05) is 0 Å². The Morgan fingerprint density at radius 3 is 2.58 bits per heavy atom. The van der Waals surface area contributed by atoms with Crippen LogP contribution in [0.4, 0.5) is 0 Å². The van der Waals surface area contributed by atoms with Crippen molar-refractivity contribution in [1.82, 2.24) is 9.62 Å². The number of carbonyl (C=O) groups is 1. The van der Waals surface area contributed by atoms with Crippen LogP contribution in [0.15, 0.2) is 21.7 Å². The zero-order valence-electron chi connectivity index (χ0n) is 15.3. The monoisotopic (exact) mass is 396 g/mol. The maximum absolute atomic E-state index is 12.7. The highest BCUT2D eigenvalue weighted by atomic mass is 32.2. The summed E-state index contributed by atoms with van der Waals surface area (Å²) in [6, 6.07) is 3.65. The summed E-state index contributed by atoms with van der Waals surface area (Å²) in [7, 11) is -3.39. The zero-order valence-corrected chi connectivity index (χ0v) is 16.9. The van der Waals surface area contributed by atoms with E-state index in [2.05, 4.69) is 12.2 Å². The first-order chi connectivity index (χ1) is 12.4. The molecule has 3 aliphatic rings. The first kappa shape index (κ1) is 18.4. The molecule has 1 amide bonds. The summed E-state index contributed by atoms with van der Waals surface area (Å²) in [5.41, 5.74) is 0. The average molecular weight is 397 g/mol. The summed E-state index contributed by atoms with van der Waals surface area (Å²) in [6.07, 6.45) is 6.54.